The SMILES string of the molecule is O=C1C(=O)N(CN2CCN(c3ccccc3)CC2)C(=O)N1CCC1=CCCCC1. The lowest BCUT2D eigenvalue weighted by Crippen LogP contribution is -2.51. The summed E-state index contributed by atoms with van der Waals surface area (Å²) in [6, 6.07) is 9.74. The molecule has 0 spiro atoms. The van der Waals surface area contributed by atoms with E-state index < -0.39 is 17.8 Å². The van der Waals surface area contributed by atoms with E-state index in [1.807, 2.05) is 18.2 Å². The predicted molar refractivity (Wildman–Crippen MR) is 110 cm³/mol. The van der Waals surface area contributed by atoms with Gasteiger partial charge in [-0.3, -0.25) is 19.4 Å². The van der Waals surface area contributed by atoms with Crippen molar-refractivity contribution in [1.29, 1.82) is 0 Å². The molecular formula is C22H28N4O3. The van der Waals surface area contributed by atoms with E-state index in [1.54, 1.807) is 0 Å². The quantitative estimate of drug-likeness (QED) is 0.420. The van der Waals surface area contributed by atoms with Crippen LogP contribution in [-0.4, -0.2) is 71.9 Å². The predicted octanol–water partition coefficient (Wildman–Crippen LogP) is 2.45. The first kappa shape index (κ1) is 19.6. The molecule has 0 aromatic heterocycles. The lowest BCUT2D eigenvalue weighted by atomic mass is 9.97. The van der Waals surface area contributed by atoms with Gasteiger partial charge in [-0.1, -0.05) is 29.8 Å². The zero-order valence-electron chi connectivity index (χ0n) is 16.8. The highest BCUT2D eigenvalue weighted by Gasteiger charge is 2.44. The smallest absolute Gasteiger partial charge is 0.335 e. The molecule has 4 amide bonds. The van der Waals surface area contributed by atoms with E-state index in [0.29, 0.717) is 13.0 Å². The molecule has 154 valence electrons. The summed E-state index contributed by atoms with van der Waals surface area (Å²) in [5.41, 5.74) is 2.47. The number of allylic oxidation sites excluding steroid dienone is 1. The van der Waals surface area contributed by atoms with E-state index in [9.17, 15) is 14.4 Å². The summed E-state index contributed by atoms with van der Waals surface area (Å²) in [7, 11) is 0. The summed E-state index contributed by atoms with van der Waals surface area (Å²) in [5.74, 6) is -1.38. The lowest BCUT2D eigenvalue weighted by Gasteiger charge is -2.37. The number of piperazine rings is 1. The number of hydrogen-bond acceptors (Lipinski definition) is 5. The molecule has 2 aliphatic heterocycles. The van der Waals surface area contributed by atoms with Crippen molar-refractivity contribution in [3.63, 3.8) is 0 Å². The normalized spacial score (nSPS) is 21.2. The highest BCUT2D eigenvalue weighted by molar-refractivity contribution is 6.44. The molecule has 4 rings (SSSR count). The van der Waals surface area contributed by atoms with Crippen LogP contribution in [0.3, 0.4) is 0 Å². The number of rotatable bonds is 6. The fourth-order valence-electron chi connectivity index (χ4n) is 4.25. The van der Waals surface area contributed by atoms with Gasteiger partial charge in [0.1, 0.15) is 0 Å². The van der Waals surface area contributed by atoms with Crippen LogP contribution in [-0.2, 0) is 9.59 Å². The Morgan fingerprint density at radius 3 is 2.24 bits per heavy atom. The first-order chi connectivity index (χ1) is 14.1. The molecule has 0 radical (unpaired) electrons. The van der Waals surface area contributed by atoms with Crippen LogP contribution in [0.15, 0.2) is 42.0 Å². The molecule has 0 bridgehead atoms. The monoisotopic (exact) mass is 396 g/mol. The Labute approximate surface area is 171 Å². The summed E-state index contributed by atoms with van der Waals surface area (Å²) < 4.78 is 0. The van der Waals surface area contributed by atoms with Gasteiger partial charge in [-0.25, -0.2) is 9.69 Å². The summed E-state index contributed by atoms with van der Waals surface area (Å²) in [6.07, 6.45) is 7.34. The fraction of sp³-hybridized carbons (Fsp3) is 0.500. The first-order valence-electron chi connectivity index (χ1n) is 10.5. The second-order valence-corrected chi connectivity index (χ2v) is 7.91. The van der Waals surface area contributed by atoms with E-state index in [2.05, 4.69) is 28.0 Å². The van der Waals surface area contributed by atoms with Gasteiger partial charge in [0.2, 0.25) is 0 Å². The largest absolute Gasteiger partial charge is 0.369 e. The van der Waals surface area contributed by atoms with Crippen molar-refractivity contribution < 1.29 is 14.4 Å². The molecule has 2 saturated heterocycles. The second-order valence-electron chi connectivity index (χ2n) is 7.91. The molecule has 1 aromatic rings. The number of carbonyl (C=O) groups is 3. The van der Waals surface area contributed by atoms with Crippen molar-refractivity contribution in [2.45, 2.75) is 32.1 Å². The van der Waals surface area contributed by atoms with Crippen molar-refractivity contribution in [2.24, 2.45) is 0 Å². The highest BCUT2D eigenvalue weighted by atomic mass is 16.2. The van der Waals surface area contributed by atoms with E-state index in [4.69, 9.17) is 0 Å². The third kappa shape index (κ3) is 4.34. The van der Waals surface area contributed by atoms with Crippen LogP contribution < -0.4 is 4.90 Å². The Kier molecular flexibility index (Phi) is 5.94. The van der Waals surface area contributed by atoms with Gasteiger partial charge < -0.3 is 4.90 Å². The number of carbonyl (C=O) groups excluding carboxylic acids is 3. The molecule has 0 atom stereocenters. The first-order valence-corrected chi connectivity index (χ1v) is 10.5. The number of amides is 4. The number of urea groups is 1. The van der Waals surface area contributed by atoms with Crippen LogP contribution in [0, 0.1) is 0 Å². The Hall–Kier alpha value is -2.67. The van der Waals surface area contributed by atoms with Gasteiger partial charge in [-0.05, 0) is 44.2 Å². The minimum atomic E-state index is -0.696. The van der Waals surface area contributed by atoms with Gasteiger partial charge in [0.05, 0.1) is 6.67 Å². The van der Waals surface area contributed by atoms with Gasteiger partial charge in [0, 0.05) is 38.4 Å². The van der Waals surface area contributed by atoms with Crippen molar-refractivity contribution in [3.8, 4) is 0 Å². The van der Waals surface area contributed by atoms with Crippen molar-refractivity contribution in [2.75, 3.05) is 44.3 Å². The molecule has 3 aliphatic rings. The molecule has 1 aromatic carbocycles. The summed E-state index contributed by atoms with van der Waals surface area (Å²) in [6.45, 7) is 3.62. The van der Waals surface area contributed by atoms with E-state index in [1.165, 1.54) is 17.7 Å². The third-order valence-corrected chi connectivity index (χ3v) is 6.01. The molecule has 7 nitrogen and oxygen atoms in total. The fourth-order valence-corrected chi connectivity index (χ4v) is 4.25. The maximum atomic E-state index is 12.7. The molecule has 0 unspecified atom stereocenters. The van der Waals surface area contributed by atoms with Crippen LogP contribution >= 0.6 is 0 Å². The number of nitrogens with zero attached hydrogens (tertiary/aromatic N) is 4. The van der Waals surface area contributed by atoms with Crippen molar-refractivity contribution >= 4 is 23.5 Å². The number of benzene rings is 1. The van der Waals surface area contributed by atoms with E-state index >= 15 is 0 Å². The number of anilines is 1. The number of para-hydroxylation sites is 1. The van der Waals surface area contributed by atoms with Gasteiger partial charge in [0.15, 0.2) is 0 Å². The lowest BCUT2D eigenvalue weighted by molar-refractivity contribution is -0.144. The van der Waals surface area contributed by atoms with Crippen LogP contribution in [0.4, 0.5) is 10.5 Å². The maximum absolute atomic E-state index is 12.7. The van der Waals surface area contributed by atoms with Crippen molar-refractivity contribution in [3.05, 3.63) is 42.0 Å². The molecule has 0 N–H and O–H groups in total. The second kappa shape index (κ2) is 8.78. The van der Waals surface area contributed by atoms with Crippen molar-refractivity contribution in [1.82, 2.24) is 14.7 Å². The maximum Gasteiger partial charge on any atom is 0.335 e. The molecule has 7 heteroatoms. The standard InChI is InChI=1S/C22H28N4O3/c27-20-21(28)26(22(29)25(20)12-11-18-7-3-1-4-8-18)17-23-13-15-24(16-14-23)19-9-5-2-6-10-19/h2,5-7,9-10H,1,3-4,8,11-17H2. The van der Waals surface area contributed by atoms with Gasteiger partial charge in [0.25, 0.3) is 0 Å². The molecule has 29 heavy (non-hydrogen) atoms. The topological polar surface area (TPSA) is 64.2 Å². The van der Waals surface area contributed by atoms with E-state index in [0.717, 1.165) is 55.2 Å². The highest BCUT2D eigenvalue weighted by Crippen LogP contribution is 2.22. The van der Waals surface area contributed by atoms with Crippen LogP contribution in [0.1, 0.15) is 32.1 Å². The van der Waals surface area contributed by atoms with Gasteiger partial charge in [-0.2, -0.15) is 0 Å². The summed E-state index contributed by atoms with van der Waals surface area (Å²) >= 11 is 0. The number of hydrogen-bond donors (Lipinski definition) is 0. The Morgan fingerprint density at radius 2 is 1.55 bits per heavy atom. The summed E-state index contributed by atoms with van der Waals surface area (Å²) in [5, 5.41) is 0. The Balaban J connectivity index is 1.31. The minimum absolute atomic E-state index is 0.186. The number of imide groups is 2. The molecule has 0 saturated carbocycles. The van der Waals surface area contributed by atoms with Gasteiger partial charge in [-0.15, -0.1) is 0 Å². The Morgan fingerprint density at radius 1 is 0.828 bits per heavy atom. The molecule has 2 heterocycles. The van der Waals surface area contributed by atoms with Crippen LogP contribution in [0.25, 0.3) is 0 Å². The zero-order chi connectivity index (χ0) is 20.2. The molecule has 2 fully saturated rings. The summed E-state index contributed by atoms with van der Waals surface area (Å²) in [4.78, 5) is 44.0. The minimum Gasteiger partial charge on any atom is -0.369 e. The van der Waals surface area contributed by atoms with Crippen LogP contribution in [0.2, 0.25) is 0 Å². The average Bonchev–Trinajstić information content (AvgIpc) is 2.97. The third-order valence-electron chi connectivity index (χ3n) is 6.01. The zero-order valence-corrected chi connectivity index (χ0v) is 16.8. The average molecular weight is 396 g/mol. The van der Waals surface area contributed by atoms with E-state index in [-0.39, 0.29) is 6.67 Å². The van der Waals surface area contributed by atoms with Crippen LogP contribution in [0.5, 0.6) is 0 Å². The molecule has 1 aliphatic carbocycles. The molecular weight excluding hydrogens is 368 g/mol. The van der Waals surface area contributed by atoms with Gasteiger partial charge >= 0.3 is 17.8 Å². The Bertz CT molecular complexity index is 800.